The number of carbonyl (C=O) groups excluding carboxylic acids is 1. The molecule has 7 heteroatoms. The van der Waals surface area contributed by atoms with Gasteiger partial charge in [0.05, 0.1) is 5.69 Å². The van der Waals surface area contributed by atoms with Crippen LogP contribution in [0.1, 0.15) is 37.0 Å². The first-order valence-electron chi connectivity index (χ1n) is 8.76. The van der Waals surface area contributed by atoms with Crippen LogP contribution in [-0.2, 0) is 6.42 Å². The molecule has 1 fully saturated rings. The van der Waals surface area contributed by atoms with E-state index < -0.39 is 0 Å². The molecule has 134 valence electrons. The van der Waals surface area contributed by atoms with Crippen molar-refractivity contribution in [3.63, 3.8) is 0 Å². The summed E-state index contributed by atoms with van der Waals surface area (Å²) in [7, 11) is 0. The SMILES string of the molecule is CCc1noc(C)c1NC(=O)N1CCN([C@@H](C)c2ccccn2)CC1. The van der Waals surface area contributed by atoms with Gasteiger partial charge in [0.25, 0.3) is 0 Å². The largest absolute Gasteiger partial charge is 0.359 e. The smallest absolute Gasteiger partial charge is 0.322 e. The predicted octanol–water partition coefficient (Wildman–Crippen LogP) is 2.85. The summed E-state index contributed by atoms with van der Waals surface area (Å²) < 4.78 is 5.17. The van der Waals surface area contributed by atoms with Crippen LogP contribution < -0.4 is 5.32 Å². The van der Waals surface area contributed by atoms with E-state index in [0.717, 1.165) is 30.9 Å². The first-order valence-corrected chi connectivity index (χ1v) is 8.76. The molecule has 2 aromatic heterocycles. The summed E-state index contributed by atoms with van der Waals surface area (Å²) in [6.07, 6.45) is 2.55. The maximum atomic E-state index is 12.5. The van der Waals surface area contributed by atoms with Crippen molar-refractivity contribution in [1.29, 1.82) is 0 Å². The predicted molar refractivity (Wildman–Crippen MR) is 95.4 cm³/mol. The third-order valence-corrected chi connectivity index (χ3v) is 4.77. The second-order valence-corrected chi connectivity index (χ2v) is 6.30. The van der Waals surface area contributed by atoms with Crippen LogP contribution in [0, 0.1) is 6.92 Å². The van der Waals surface area contributed by atoms with Gasteiger partial charge in [0.2, 0.25) is 0 Å². The molecule has 1 N–H and O–H groups in total. The number of nitrogens with zero attached hydrogens (tertiary/aromatic N) is 4. The van der Waals surface area contributed by atoms with Crippen molar-refractivity contribution in [2.24, 2.45) is 0 Å². The average molecular weight is 343 g/mol. The summed E-state index contributed by atoms with van der Waals surface area (Å²) in [6, 6.07) is 6.14. The number of amides is 2. The number of carbonyl (C=O) groups is 1. The monoisotopic (exact) mass is 343 g/mol. The van der Waals surface area contributed by atoms with Gasteiger partial charge in [0.1, 0.15) is 11.4 Å². The summed E-state index contributed by atoms with van der Waals surface area (Å²) in [5, 5.41) is 6.93. The highest BCUT2D eigenvalue weighted by Crippen LogP contribution is 2.22. The Balaban J connectivity index is 1.57. The van der Waals surface area contributed by atoms with Crippen LogP contribution in [0.4, 0.5) is 10.5 Å². The number of aromatic nitrogens is 2. The molecule has 0 bridgehead atoms. The topological polar surface area (TPSA) is 74.5 Å². The summed E-state index contributed by atoms with van der Waals surface area (Å²) in [4.78, 5) is 21.2. The molecule has 1 atom stereocenters. The maximum Gasteiger partial charge on any atom is 0.322 e. The first kappa shape index (κ1) is 17.4. The molecular weight excluding hydrogens is 318 g/mol. The van der Waals surface area contributed by atoms with E-state index in [2.05, 4.69) is 27.3 Å². The lowest BCUT2D eigenvalue weighted by Gasteiger charge is -2.37. The number of nitrogens with one attached hydrogen (secondary N) is 1. The number of rotatable bonds is 4. The number of anilines is 1. The van der Waals surface area contributed by atoms with E-state index in [9.17, 15) is 4.79 Å². The van der Waals surface area contributed by atoms with Gasteiger partial charge >= 0.3 is 6.03 Å². The van der Waals surface area contributed by atoms with Gasteiger partial charge in [-0.15, -0.1) is 0 Å². The van der Waals surface area contributed by atoms with E-state index >= 15 is 0 Å². The molecule has 2 amide bonds. The van der Waals surface area contributed by atoms with Crippen LogP contribution in [0.5, 0.6) is 0 Å². The molecule has 25 heavy (non-hydrogen) atoms. The Morgan fingerprint density at radius 1 is 1.32 bits per heavy atom. The number of piperazine rings is 1. The molecule has 0 aliphatic carbocycles. The number of hydrogen-bond acceptors (Lipinski definition) is 5. The van der Waals surface area contributed by atoms with Crippen molar-refractivity contribution >= 4 is 11.7 Å². The number of urea groups is 1. The van der Waals surface area contributed by atoms with Gasteiger partial charge in [-0.2, -0.15) is 0 Å². The van der Waals surface area contributed by atoms with Gasteiger partial charge in [0, 0.05) is 38.4 Å². The van der Waals surface area contributed by atoms with E-state index in [1.807, 2.05) is 43.1 Å². The first-order chi connectivity index (χ1) is 12.1. The Morgan fingerprint density at radius 2 is 2.08 bits per heavy atom. The molecule has 2 aromatic rings. The molecule has 1 saturated heterocycles. The van der Waals surface area contributed by atoms with Crippen LogP contribution in [0.2, 0.25) is 0 Å². The molecule has 0 radical (unpaired) electrons. The Labute approximate surface area is 148 Å². The zero-order valence-corrected chi connectivity index (χ0v) is 15.0. The molecule has 7 nitrogen and oxygen atoms in total. The summed E-state index contributed by atoms with van der Waals surface area (Å²) in [5.74, 6) is 0.646. The summed E-state index contributed by atoms with van der Waals surface area (Å²) in [5.41, 5.74) is 2.55. The lowest BCUT2D eigenvalue weighted by molar-refractivity contribution is 0.118. The Morgan fingerprint density at radius 3 is 2.72 bits per heavy atom. The molecule has 3 rings (SSSR count). The number of hydrogen-bond donors (Lipinski definition) is 1. The Hall–Kier alpha value is -2.41. The van der Waals surface area contributed by atoms with Crippen molar-refractivity contribution in [3.8, 4) is 0 Å². The lowest BCUT2D eigenvalue weighted by Crippen LogP contribution is -2.50. The Bertz CT molecular complexity index is 708. The normalized spacial score (nSPS) is 16.7. The van der Waals surface area contributed by atoms with Gasteiger partial charge in [0.15, 0.2) is 5.76 Å². The molecule has 1 aliphatic heterocycles. The maximum absolute atomic E-state index is 12.5. The third-order valence-electron chi connectivity index (χ3n) is 4.77. The second-order valence-electron chi connectivity index (χ2n) is 6.30. The van der Waals surface area contributed by atoms with Crippen molar-refractivity contribution in [2.45, 2.75) is 33.2 Å². The average Bonchev–Trinajstić information content (AvgIpc) is 3.01. The van der Waals surface area contributed by atoms with Crippen LogP contribution in [-0.4, -0.2) is 52.2 Å². The van der Waals surface area contributed by atoms with E-state index in [4.69, 9.17) is 4.52 Å². The fourth-order valence-corrected chi connectivity index (χ4v) is 3.13. The van der Waals surface area contributed by atoms with Gasteiger partial charge in [-0.3, -0.25) is 9.88 Å². The van der Waals surface area contributed by atoms with Crippen molar-refractivity contribution in [3.05, 3.63) is 41.5 Å². The van der Waals surface area contributed by atoms with Crippen molar-refractivity contribution < 1.29 is 9.32 Å². The van der Waals surface area contributed by atoms with Crippen LogP contribution in [0.15, 0.2) is 28.9 Å². The minimum absolute atomic E-state index is 0.0915. The minimum Gasteiger partial charge on any atom is -0.359 e. The van der Waals surface area contributed by atoms with E-state index in [0.29, 0.717) is 24.5 Å². The molecule has 0 spiro atoms. The zero-order valence-electron chi connectivity index (χ0n) is 15.0. The van der Waals surface area contributed by atoms with Crippen LogP contribution in [0.25, 0.3) is 0 Å². The lowest BCUT2D eigenvalue weighted by atomic mass is 10.1. The van der Waals surface area contributed by atoms with E-state index in [1.54, 1.807) is 0 Å². The number of pyridine rings is 1. The summed E-state index contributed by atoms with van der Waals surface area (Å²) in [6.45, 7) is 9.00. The van der Waals surface area contributed by atoms with E-state index in [-0.39, 0.29) is 12.1 Å². The van der Waals surface area contributed by atoms with Gasteiger partial charge < -0.3 is 14.7 Å². The van der Waals surface area contributed by atoms with Gasteiger partial charge in [-0.05, 0) is 32.4 Å². The highest BCUT2D eigenvalue weighted by Gasteiger charge is 2.26. The third kappa shape index (κ3) is 3.82. The highest BCUT2D eigenvalue weighted by molar-refractivity contribution is 5.90. The molecule has 0 aromatic carbocycles. The standard InChI is InChI=1S/C18H25N5O2/c1-4-15-17(14(3)25-21-15)20-18(24)23-11-9-22(10-12-23)13(2)16-7-5-6-8-19-16/h5-8,13H,4,9-12H2,1-3H3,(H,20,24)/t13-/m0/s1. The van der Waals surface area contributed by atoms with Crippen molar-refractivity contribution in [2.75, 3.05) is 31.5 Å². The van der Waals surface area contributed by atoms with Crippen LogP contribution in [0.3, 0.4) is 0 Å². The minimum atomic E-state index is -0.0915. The molecule has 3 heterocycles. The quantitative estimate of drug-likeness (QED) is 0.924. The highest BCUT2D eigenvalue weighted by atomic mass is 16.5. The molecular formula is C18H25N5O2. The Kier molecular flexibility index (Phi) is 5.33. The van der Waals surface area contributed by atoms with Crippen LogP contribution >= 0.6 is 0 Å². The fraction of sp³-hybridized carbons (Fsp3) is 0.500. The van der Waals surface area contributed by atoms with E-state index in [1.165, 1.54) is 0 Å². The molecule has 1 aliphatic rings. The van der Waals surface area contributed by atoms with Gasteiger partial charge in [-0.1, -0.05) is 18.1 Å². The summed E-state index contributed by atoms with van der Waals surface area (Å²) >= 11 is 0. The van der Waals surface area contributed by atoms with Crippen molar-refractivity contribution in [1.82, 2.24) is 19.9 Å². The zero-order chi connectivity index (χ0) is 17.8. The molecule has 0 saturated carbocycles. The molecule has 0 unspecified atom stereocenters. The number of aryl methyl sites for hydroxylation is 2. The second kappa shape index (κ2) is 7.65. The van der Waals surface area contributed by atoms with Gasteiger partial charge in [-0.25, -0.2) is 4.79 Å². The fourth-order valence-electron chi connectivity index (χ4n) is 3.13.